The van der Waals surface area contributed by atoms with Crippen molar-refractivity contribution in [3.63, 3.8) is 0 Å². The van der Waals surface area contributed by atoms with Crippen LogP contribution >= 0.6 is 0 Å². The van der Waals surface area contributed by atoms with Crippen LogP contribution in [0.4, 0.5) is 0 Å². The summed E-state index contributed by atoms with van der Waals surface area (Å²) in [5.74, 6) is -3.97. The first-order chi connectivity index (χ1) is 30.5. The largest absolute Gasteiger partial charge is 0.479 e. The fraction of sp³-hybridized carbons (Fsp3) is 0.892. The maximum Gasteiger partial charge on any atom is 0.335 e. The number of carbonyl (C=O) groups excluding carboxylic acids is 3. The topological polar surface area (TPSA) is 425 Å². The number of aliphatic hydroxyl groups is 9. The van der Waals surface area contributed by atoms with E-state index in [1.165, 1.54) is 20.8 Å². The highest BCUT2D eigenvalue weighted by Gasteiger charge is 2.58. The lowest BCUT2D eigenvalue weighted by Crippen LogP contribution is -2.71. The number of hydrogen-bond donors (Lipinski definition) is 14. The molecule has 5 heterocycles. The van der Waals surface area contributed by atoms with Crippen LogP contribution in [0.2, 0.25) is 0 Å². The van der Waals surface area contributed by atoms with E-state index in [2.05, 4.69) is 16.0 Å². The van der Waals surface area contributed by atoms with Gasteiger partial charge in [0.05, 0.1) is 31.6 Å². The number of rotatable bonds is 15. The molecule has 5 saturated heterocycles. The lowest BCUT2D eigenvalue weighted by molar-refractivity contribution is -0.388. The summed E-state index contributed by atoms with van der Waals surface area (Å²) in [6, 6.07) is -4.58. The van der Waals surface area contributed by atoms with Gasteiger partial charge in [0, 0.05) is 20.8 Å². The van der Waals surface area contributed by atoms with Gasteiger partial charge in [-0.25, -0.2) is 4.79 Å². The molecule has 374 valence electrons. The molecule has 0 aromatic heterocycles. The predicted molar refractivity (Wildman–Crippen MR) is 206 cm³/mol. The molecule has 0 saturated carbocycles. The number of nitrogens with two attached hydrogens (primary N) is 1. The fourth-order valence-electron chi connectivity index (χ4n) is 8.28. The number of carboxylic acids is 1. The molecule has 3 amide bonds. The molecule has 0 bridgehead atoms. The number of aliphatic hydroxyl groups excluding tert-OH is 9. The van der Waals surface area contributed by atoms with Crippen LogP contribution in [0.25, 0.3) is 0 Å². The van der Waals surface area contributed by atoms with Crippen molar-refractivity contribution < 1.29 is 118 Å². The van der Waals surface area contributed by atoms with E-state index in [4.69, 9.17) is 53.1 Å². The van der Waals surface area contributed by atoms with Crippen molar-refractivity contribution in [3.8, 4) is 0 Å². The summed E-state index contributed by atoms with van der Waals surface area (Å²) in [7, 11) is 0. The maximum absolute atomic E-state index is 13.1. The highest BCUT2D eigenvalue weighted by atomic mass is 16.8. The van der Waals surface area contributed by atoms with Crippen LogP contribution < -0.4 is 21.7 Å². The van der Waals surface area contributed by atoms with Crippen LogP contribution in [0.15, 0.2) is 0 Å². The summed E-state index contributed by atoms with van der Waals surface area (Å²) in [5, 5.41) is 115. The molecule has 15 N–H and O–H groups in total. The van der Waals surface area contributed by atoms with Gasteiger partial charge in [-0.05, 0) is 20.8 Å². The summed E-state index contributed by atoms with van der Waals surface area (Å²) in [4.78, 5) is 50.2. The van der Waals surface area contributed by atoms with Crippen molar-refractivity contribution in [2.45, 2.75) is 195 Å². The summed E-state index contributed by atoms with van der Waals surface area (Å²) in [6.45, 7) is 6.16. The number of nitrogens with one attached hydrogen (secondary N) is 3. The first kappa shape index (κ1) is 53.0. The van der Waals surface area contributed by atoms with Crippen molar-refractivity contribution in [3.05, 3.63) is 0 Å². The zero-order valence-corrected chi connectivity index (χ0v) is 36.1. The Bertz CT molecular complexity index is 1620. The normalized spacial score (nSPS) is 47.0. The minimum atomic E-state index is -2.26. The smallest absolute Gasteiger partial charge is 0.335 e. The summed E-state index contributed by atoms with van der Waals surface area (Å²) in [5.41, 5.74) is 5.63. The second-order valence-corrected chi connectivity index (χ2v) is 16.5. The summed E-state index contributed by atoms with van der Waals surface area (Å²) in [6.07, 6.45) is -38.6. The van der Waals surface area contributed by atoms with Gasteiger partial charge in [0.2, 0.25) is 17.7 Å². The molecule has 5 fully saturated rings. The van der Waals surface area contributed by atoms with Gasteiger partial charge in [-0.3, -0.25) is 14.4 Å². The molecular weight excluding hydrogens is 884 g/mol. The molecule has 28 nitrogen and oxygen atoms in total. The van der Waals surface area contributed by atoms with E-state index >= 15 is 0 Å². The molecule has 0 aromatic rings. The van der Waals surface area contributed by atoms with E-state index in [1.54, 1.807) is 0 Å². The molecule has 5 rings (SSSR count). The molecule has 0 radical (unpaired) electrons. The van der Waals surface area contributed by atoms with Crippen molar-refractivity contribution in [2.75, 3.05) is 13.3 Å². The van der Waals surface area contributed by atoms with E-state index in [1.807, 2.05) is 0 Å². The van der Waals surface area contributed by atoms with Crippen molar-refractivity contribution in [1.82, 2.24) is 16.0 Å². The Morgan fingerprint density at radius 2 is 0.985 bits per heavy atom. The van der Waals surface area contributed by atoms with Gasteiger partial charge < -0.3 is 120 Å². The first-order valence-electron chi connectivity index (χ1n) is 20.8. The highest BCUT2D eigenvalue weighted by Crippen LogP contribution is 2.37. The lowest BCUT2D eigenvalue weighted by atomic mass is 9.93. The van der Waals surface area contributed by atoms with Crippen LogP contribution in [-0.4, -0.2) is 241 Å². The van der Waals surface area contributed by atoms with Gasteiger partial charge in [0.25, 0.3) is 0 Å². The standard InChI is InChI=1S/C37H62N4O24/c1-9-19(46)22(49)16(39-12(4)43)34(58-9)65-31-25(52)24(51)30(32(54)55)64-37(31)63-29-18(41-14(6)45)35(62-28-17(40-13(5)44)33(56-8-38)57-10(2)20(28)47)59-11(3)27(29)61-36-26(53)23(50)21(48)15(7-42)60-36/h9-11,15-31,33-37,42,46-53H,7-8,38H2,1-6H3,(H,39,43)(H,40,44)(H,41,45)(H,54,55)/t9-,10?,11-,15?,16?,17?,18?,19+,20-,21+,22+,23-,24-,25-,26?,27+,28+,29+,30?,31?,33+,34-,35-,36-,37+/m0/s1. The van der Waals surface area contributed by atoms with Crippen LogP contribution in [0.1, 0.15) is 41.5 Å². The van der Waals surface area contributed by atoms with E-state index < -0.39 is 190 Å². The Hall–Kier alpha value is -2.92. The zero-order chi connectivity index (χ0) is 48.3. The van der Waals surface area contributed by atoms with Crippen LogP contribution in [0, 0.1) is 0 Å². The average molecular weight is 947 g/mol. The van der Waals surface area contributed by atoms with Crippen LogP contribution in [0.3, 0.4) is 0 Å². The quantitative estimate of drug-likeness (QED) is 0.0678. The van der Waals surface area contributed by atoms with Gasteiger partial charge in [-0.2, -0.15) is 0 Å². The average Bonchev–Trinajstić information content (AvgIpc) is 3.23. The molecule has 0 spiro atoms. The van der Waals surface area contributed by atoms with Crippen LogP contribution in [0.5, 0.6) is 0 Å². The van der Waals surface area contributed by atoms with Gasteiger partial charge in [0.15, 0.2) is 37.6 Å². The van der Waals surface area contributed by atoms with Gasteiger partial charge in [0.1, 0.15) is 97.5 Å². The first-order valence-corrected chi connectivity index (χ1v) is 20.8. The Morgan fingerprint density at radius 1 is 0.492 bits per heavy atom. The number of ether oxygens (including phenoxy) is 10. The molecule has 25 atom stereocenters. The molecule has 28 heteroatoms. The number of amides is 3. The Kier molecular flexibility index (Phi) is 18.3. The number of carbonyl (C=O) groups is 4. The van der Waals surface area contributed by atoms with Crippen molar-refractivity contribution >= 4 is 23.7 Å². The monoisotopic (exact) mass is 946 g/mol. The second-order valence-electron chi connectivity index (χ2n) is 16.5. The SMILES string of the molecule is CC(=O)NC1[C@H](OC2[C@H](O[C@@H]3C(NC(C)=O)[C@H](O[C@@H]4C(NC(C)=O)[C@H](OCN)OC(C)[C@@H]4O)O[C@@H](C)[C@H]3O[C@@H]3OC(CO)[C@@H](O)[C@H](O)C3O)OC(C(=O)O)[C@@H](O)[C@@H]2O)O[C@@H](C)[C@@H](O)[C@@H]1O. The molecule has 0 aromatic carbocycles. The number of hydrogen-bond acceptors (Lipinski definition) is 24. The molecule has 8 unspecified atom stereocenters. The molecular formula is C37H62N4O24. The van der Waals surface area contributed by atoms with E-state index in [9.17, 15) is 70.2 Å². The zero-order valence-electron chi connectivity index (χ0n) is 36.1. The Labute approximate surface area is 371 Å². The summed E-state index contributed by atoms with van der Waals surface area (Å²) >= 11 is 0. The summed E-state index contributed by atoms with van der Waals surface area (Å²) < 4.78 is 59.6. The van der Waals surface area contributed by atoms with E-state index in [0.29, 0.717) is 0 Å². The minimum Gasteiger partial charge on any atom is -0.479 e. The third-order valence-corrected chi connectivity index (χ3v) is 11.6. The lowest BCUT2D eigenvalue weighted by Gasteiger charge is -2.52. The third-order valence-electron chi connectivity index (χ3n) is 11.6. The molecule has 65 heavy (non-hydrogen) atoms. The number of carboxylic acid groups (broad SMARTS) is 1. The predicted octanol–water partition coefficient (Wildman–Crippen LogP) is -8.38. The molecule has 5 aliphatic heterocycles. The second kappa shape index (κ2) is 22.5. The van der Waals surface area contributed by atoms with Crippen molar-refractivity contribution in [2.24, 2.45) is 5.73 Å². The van der Waals surface area contributed by atoms with Gasteiger partial charge in [-0.15, -0.1) is 0 Å². The van der Waals surface area contributed by atoms with E-state index in [-0.39, 0.29) is 0 Å². The highest BCUT2D eigenvalue weighted by molar-refractivity contribution is 5.74. The van der Waals surface area contributed by atoms with Gasteiger partial charge in [-0.1, -0.05) is 0 Å². The van der Waals surface area contributed by atoms with E-state index in [0.717, 1.165) is 20.8 Å². The third kappa shape index (κ3) is 11.9. The fourth-order valence-corrected chi connectivity index (χ4v) is 8.28. The van der Waals surface area contributed by atoms with Crippen LogP contribution in [-0.2, 0) is 66.5 Å². The Balaban J connectivity index is 1.61. The molecule has 0 aliphatic carbocycles. The number of aliphatic carboxylic acids is 1. The van der Waals surface area contributed by atoms with Gasteiger partial charge >= 0.3 is 5.97 Å². The Morgan fingerprint density at radius 3 is 1.55 bits per heavy atom. The molecule has 5 aliphatic rings. The maximum atomic E-state index is 13.1. The van der Waals surface area contributed by atoms with Crippen molar-refractivity contribution in [1.29, 1.82) is 0 Å². The minimum absolute atomic E-state index is 0.410.